The molecule has 0 aliphatic carbocycles. The molecular formula is C25H25N3O6S. The van der Waals surface area contributed by atoms with Crippen LogP contribution in [0.25, 0.3) is 0 Å². The highest BCUT2D eigenvalue weighted by molar-refractivity contribution is 7.12. The molecule has 0 aliphatic rings. The van der Waals surface area contributed by atoms with Crippen molar-refractivity contribution in [3.8, 4) is 0 Å². The number of carbonyl (C=O) groups is 4. The number of nitrogens with one attached hydrogen (secondary N) is 2. The predicted molar refractivity (Wildman–Crippen MR) is 129 cm³/mol. The summed E-state index contributed by atoms with van der Waals surface area (Å²) in [7, 11) is 1.22. The summed E-state index contributed by atoms with van der Waals surface area (Å²) in [6, 6.07) is 16.4. The highest BCUT2D eigenvalue weighted by Crippen LogP contribution is 2.13. The molecule has 1 aromatic heterocycles. The highest BCUT2D eigenvalue weighted by atomic mass is 32.1. The maximum atomic E-state index is 13.0. The van der Waals surface area contributed by atoms with Crippen LogP contribution < -0.4 is 10.6 Å². The van der Waals surface area contributed by atoms with Crippen LogP contribution in [0.1, 0.15) is 38.3 Å². The first-order chi connectivity index (χ1) is 16.9. The van der Waals surface area contributed by atoms with Gasteiger partial charge in [0, 0.05) is 11.8 Å². The van der Waals surface area contributed by atoms with Gasteiger partial charge in [-0.1, -0.05) is 60.7 Å². The number of ether oxygens (including phenoxy) is 2. The molecule has 9 nitrogen and oxygen atoms in total. The number of aromatic nitrogens is 1. The van der Waals surface area contributed by atoms with Crippen LogP contribution in [0.3, 0.4) is 0 Å². The highest BCUT2D eigenvalue weighted by Gasteiger charge is 2.27. The second-order valence-corrected chi connectivity index (χ2v) is 8.43. The Balaban J connectivity index is 1.65. The number of benzene rings is 2. The number of alkyl carbamates (subject to hydrolysis) is 1. The number of ketones is 1. The largest absolute Gasteiger partial charge is 0.464 e. The minimum absolute atomic E-state index is 0.0177. The molecule has 0 saturated carbocycles. The second-order valence-electron chi connectivity index (χ2n) is 7.57. The van der Waals surface area contributed by atoms with Crippen LogP contribution >= 0.6 is 11.3 Å². The van der Waals surface area contributed by atoms with E-state index >= 15 is 0 Å². The lowest BCUT2D eigenvalue weighted by atomic mass is 10.0. The quantitative estimate of drug-likeness (QED) is 0.327. The first kappa shape index (κ1) is 25.6. The van der Waals surface area contributed by atoms with E-state index in [1.165, 1.54) is 19.4 Å². The van der Waals surface area contributed by atoms with E-state index in [0.29, 0.717) is 0 Å². The van der Waals surface area contributed by atoms with Gasteiger partial charge in [0.1, 0.15) is 12.6 Å². The Morgan fingerprint density at radius 2 is 1.57 bits per heavy atom. The Bertz CT molecular complexity index is 1170. The molecule has 35 heavy (non-hydrogen) atoms. The van der Waals surface area contributed by atoms with Gasteiger partial charge in [-0.25, -0.2) is 14.6 Å². The molecule has 1 heterocycles. The number of Topliss-reactive ketones (excluding diaryl/α,β-unsaturated/α-hetero) is 1. The van der Waals surface area contributed by atoms with Crippen LogP contribution in [-0.2, 0) is 27.3 Å². The molecular weight excluding hydrogens is 470 g/mol. The van der Waals surface area contributed by atoms with Crippen LogP contribution in [0.4, 0.5) is 4.79 Å². The lowest BCUT2D eigenvalue weighted by molar-refractivity contribution is -0.123. The van der Waals surface area contributed by atoms with Crippen LogP contribution in [0.5, 0.6) is 0 Å². The molecule has 0 saturated heterocycles. The summed E-state index contributed by atoms with van der Waals surface area (Å²) >= 11 is 0.980. The van der Waals surface area contributed by atoms with Crippen molar-refractivity contribution >= 4 is 35.1 Å². The number of nitrogens with zero attached hydrogens (tertiary/aromatic N) is 1. The summed E-state index contributed by atoms with van der Waals surface area (Å²) in [6.07, 6.45) is -0.566. The smallest absolute Gasteiger partial charge is 0.408 e. The first-order valence-corrected chi connectivity index (χ1v) is 11.6. The summed E-state index contributed by atoms with van der Waals surface area (Å²) in [5, 5.41) is 6.69. The van der Waals surface area contributed by atoms with Crippen LogP contribution in [0.15, 0.2) is 66.0 Å². The molecule has 10 heteroatoms. The van der Waals surface area contributed by atoms with Crippen LogP contribution in [0, 0.1) is 0 Å². The minimum atomic E-state index is -0.988. The van der Waals surface area contributed by atoms with E-state index in [0.717, 1.165) is 22.5 Å². The molecule has 182 valence electrons. The van der Waals surface area contributed by atoms with E-state index in [-0.39, 0.29) is 23.7 Å². The minimum Gasteiger partial charge on any atom is -0.464 e. The molecule has 3 aromatic rings. The average molecular weight is 496 g/mol. The normalized spacial score (nSPS) is 12.2. The van der Waals surface area contributed by atoms with Crippen molar-refractivity contribution in [3.05, 3.63) is 87.9 Å². The molecule has 2 amide bonds. The van der Waals surface area contributed by atoms with E-state index in [4.69, 9.17) is 4.74 Å². The van der Waals surface area contributed by atoms with Crippen molar-refractivity contribution in [3.63, 3.8) is 0 Å². The Morgan fingerprint density at radius 3 is 2.20 bits per heavy atom. The lowest BCUT2D eigenvalue weighted by Crippen LogP contribution is -2.51. The summed E-state index contributed by atoms with van der Waals surface area (Å²) in [5.74, 6) is -1.68. The maximum Gasteiger partial charge on any atom is 0.408 e. The fourth-order valence-electron chi connectivity index (χ4n) is 3.12. The van der Waals surface area contributed by atoms with Gasteiger partial charge in [0.05, 0.1) is 13.2 Å². The van der Waals surface area contributed by atoms with E-state index in [1.54, 1.807) is 0 Å². The summed E-state index contributed by atoms with van der Waals surface area (Å²) in [6.45, 7) is 1.56. The Labute approximate surface area is 206 Å². The van der Waals surface area contributed by atoms with Gasteiger partial charge in [-0.05, 0) is 18.1 Å². The van der Waals surface area contributed by atoms with Crippen LogP contribution in [0.2, 0.25) is 0 Å². The lowest BCUT2D eigenvalue weighted by Gasteiger charge is -2.20. The van der Waals surface area contributed by atoms with Gasteiger partial charge < -0.3 is 20.1 Å². The third-order valence-corrected chi connectivity index (χ3v) is 5.82. The number of rotatable bonds is 10. The Morgan fingerprint density at radius 1 is 0.943 bits per heavy atom. The predicted octanol–water partition coefficient (Wildman–Crippen LogP) is 3.15. The Kier molecular flexibility index (Phi) is 9.08. The zero-order chi connectivity index (χ0) is 25.2. The van der Waals surface area contributed by atoms with E-state index in [1.807, 2.05) is 60.7 Å². The molecule has 0 bridgehead atoms. The fraction of sp³-hybridized carbons (Fsp3) is 0.240. The topological polar surface area (TPSA) is 124 Å². The van der Waals surface area contributed by atoms with Crippen molar-refractivity contribution in [2.45, 2.75) is 32.0 Å². The standard InChI is InChI=1S/C25H25N3O6S/c1-16(21(29)23-27-20(15-35-23)24(31)33-2)26-22(30)19(13-17-9-5-3-6-10-17)28-25(32)34-14-18-11-7-4-8-12-18/h3-12,15-16,19H,13-14H2,1-2H3,(H,26,30)(H,28,32)/t16?,19-/m0/s1. The molecule has 2 atom stereocenters. The van der Waals surface area contributed by atoms with Gasteiger partial charge in [0.25, 0.3) is 0 Å². The fourth-order valence-corrected chi connectivity index (χ4v) is 3.93. The molecule has 1 unspecified atom stereocenters. The molecule has 3 rings (SSSR count). The number of hydrogen-bond donors (Lipinski definition) is 2. The van der Waals surface area contributed by atoms with Gasteiger partial charge in [-0.2, -0.15) is 0 Å². The van der Waals surface area contributed by atoms with Crippen molar-refractivity contribution in [1.82, 2.24) is 15.6 Å². The van der Waals surface area contributed by atoms with E-state index in [2.05, 4.69) is 20.4 Å². The van der Waals surface area contributed by atoms with Crippen molar-refractivity contribution in [1.29, 1.82) is 0 Å². The van der Waals surface area contributed by atoms with Gasteiger partial charge in [0.2, 0.25) is 11.7 Å². The third kappa shape index (κ3) is 7.47. The number of methoxy groups -OCH3 is 1. The van der Waals surface area contributed by atoms with Gasteiger partial charge in [-0.15, -0.1) is 11.3 Å². The van der Waals surface area contributed by atoms with Crippen molar-refractivity contribution in [2.24, 2.45) is 0 Å². The SMILES string of the molecule is COC(=O)c1csc(C(=O)C(C)NC(=O)[C@H](Cc2ccccc2)NC(=O)OCc2ccccc2)n1. The maximum absolute atomic E-state index is 13.0. The van der Waals surface area contributed by atoms with E-state index in [9.17, 15) is 19.2 Å². The van der Waals surface area contributed by atoms with Gasteiger partial charge in [-0.3, -0.25) is 9.59 Å². The Hall–Kier alpha value is -4.05. The molecule has 0 radical (unpaired) electrons. The monoisotopic (exact) mass is 495 g/mol. The van der Waals surface area contributed by atoms with Crippen LogP contribution in [-0.4, -0.2) is 47.9 Å². The molecule has 2 N–H and O–H groups in total. The average Bonchev–Trinajstić information content (AvgIpc) is 3.37. The first-order valence-electron chi connectivity index (χ1n) is 10.8. The molecule has 0 spiro atoms. The third-order valence-electron chi connectivity index (χ3n) is 4.97. The van der Waals surface area contributed by atoms with E-state index < -0.39 is 35.8 Å². The second kappa shape index (κ2) is 12.4. The summed E-state index contributed by atoms with van der Waals surface area (Å²) < 4.78 is 9.85. The zero-order valence-corrected chi connectivity index (χ0v) is 20.0. The number of carbonyl (C=O) groups excluding carboxylic acids is 4. The number of amides is 2. The summed E-state index contributed by atoms with van der Waals surface area (Å²) in [5.41, 5.74) is 1.64. The van der Waals surface area contributed by atoms with Crippen molar-refractivity contribution < 1.29 is 28.7 Å². The molecule has 0 fully saturated rings. The van der Waals surface area contributed by atoms with Crippen molar-refractivity contribution in [2.75, 3.05) is 7.11 Å². The summed E-state index contributed by atoms with van der Waals surface area (Å²) in [4.78, 5) is 53.8. The van der Waals surface area contributed by atoms with Gasteiger partial charge >= 0.3 is 12.1 Å². The number of esters is 1. The zero-order valence-electron chi connectivity index (χ0n) is 19.2. The number of hydrogen-bond acceptors (Lipinski definition) is 8. The van der Waals surface area contributed by atoms with Gasteiger partial charge in [0.15, 0.2) is 10.7 Å². The molecule has 0 aliphatic heterocycles. The number of thiazole rings is 1. The molecule has 2 aromatic carbocycles.